The molecule has 2 rings (SSSR count). The topological polar surface area (TPSA) is 17.8 Å². The van der Waals surface area contributed by atoms with Crippen LogP contribution in [0.2, 0.25) is 0 Å². The van der Waals surface area contributed by atoms with Crippen molar-refractivity contribution in [2.24, 2.45) is 0 Å². The summed E-state index contributed by atoms with van der Waals surface area (Å²) in [6, 6.07) is 0. The molecular formula is C9H13BrN2S. The Labute approximate surface area is 91.2 Å². The molecule has 0 radical (unpaired) electrons. The molecule has 1 aliphatic heterocycles. The molecule has 0 aromatic carbocycles. The Morgan fingerprint density at radius 2 is 2.38 bits per heavy atom. The number of hydrogen-bond acceptors (Lipinski definition) is 2. The highest BCUT2D eigenvalue weighted by Crippen LogP contribution is 2.25. The van der Waals surface area contributed by atoms with Gasteiger partial charge < -0.3 is 4.57 Å². The van der Waals surface area contributed by atoms with Gasteiger partial charge in [-0.3, -0.25) is 0 Å². The first kappa shape index (κ1) is 9.59. The third kappa shape index (κ3) is 1.79. The number of hydrogen-bond donors (Lipinski definition) is 0. The van der Waals surface area contributed by atoms with Crippen molar-refractivity contribution in [3.8, 4) is 0 Å². The minimum absolute atomic E-state index is 1.02. The summed E-state index contributed by atoms with van der Waals surface area (Å²) in [4.78, 5) is 4.54. The van der Waals surface area contributed by atoms with E-state index in [0.29, 0.717) is 0 Å². The smallest absolute Gasteiger partial charge is 0.177 e. The number of rotatable bonds is 2. The van der Waals surface area contributed by atoms with Crippen molar-refractivity contribution in [1.82, 2.24) is 9.55 Å². The summed E-state index contributed by atoms with van der Waals surface area (Å²) in [5.41, 5.74) is 2.73. The zero-order valence-corrected chi connectivity index (χ0v) is 10.1. The van der Waals surface area contributed by atoms with E-state index in [1.54, 1.807) is 0 Å². The van der Waals surface area contributed by atoms with Crippen molar-refractivity contribution < 1.29 is 0 Å². The standard InChI is InChI=1S/C9H13BrN2S/c1-13-6-7-8-4-2-3-5-12(8)9(10)11-7/h2-6H2,1H3. The first-order chi connectivity index (χ1) is 6.33. The van der Waals surface area contributed by atoms with E-state index in [0.717, 1.165) is 17.0 Å². The van der Waals surface area contributed by atoms with Gasteiger partial charge >= 0.3 is 0 Å². The van der Waals surface area contributed by atoms with Crippen LogP contribution in [0.5, 0.6) is 0 Å². The summed E-state index contributed by atoms with van der Waals surface area (Å²) in [5.74, 6) is 1.04. The Bertz CT molecular complexity index is 309. The third-order valence-corrected chi connectivity index (χ3v) is 3.60. The number of aromatic nitrogens is 2. The van der Waals surface area contributed by atoms with E-state index >= 15 is 0 Å². The fourth-order valence-electron chi connectivity index (χ4n) is 1.82. The minimum Gasteiger partial charge on any atom is -0.322 e. The SMILES string of the molecule is CSCc1nc(Br)n2c1CCCC2. The maximum atomic E-state index is 4.54. The molecule has 72 valence electrons. The van der Waals surface area contributed by atoms with Crippen molar-refractivity contribution in [3.05, 3.63) is 16.1 Å². The highest BCUT2D eigenvalue weighted by Gasteiger charge is 2.17. The lowest BCUT2D eigenvalue weighted by molar-refractivity contribution is 0.523. The van der Waals surface area contributed by atoms with E-state index in [9.17, 15) is 0 Å². The van der Waals surface area contributed by atoms with E-state index in [1.807, 2.05) is 11.8 Å². The second-order valence-corrected chi connectivity index (χ2v) is 4.89. The Kier molecular flexibility index (Phi) is 2.99. The van der Waals surface area contributed by atoms with Gasteiger partial charge in [-0.25, -0.2) is 4.98 Å². The van der Waals surface area contributed by atoms with Gasteiger partial charge in [0.15, 0.2) is 4.73 Å². The summed E-state index contributed by atoms with van der Waals surface area (Å²) in [6.45, 7) is 1.14. The van der Waals surface area contributed by atoms with E-state index in [4.69, 9.17) is 0 Å². The van der Waals surface area contributed by atoms with E-state index in [1.165, 1.54) is 30.7 Å². The Balaban J connectivity index is 2.36. The zero-order chi connectivity index (χ0) is 9.26. The molecule has 0 unspecified atom stereocenters. The quantitative estimate of drug-likeness (QED) is 0.814. The molecule has 1 aromatic heterocycles. The first-order valence-electron chi connectivity index (χ1n) is 4.55. The number of imidazole rings is 1. The molecule has 4 heteroatoms. The number of nitrogens with zero attached hydrogens (tertiary/aromatic N) is 2. The Morgan fingerprint density at radius 1 is 1.54 bits per heavy atom. The summed E-state index contributed by atoms with van der Waals surface area (Å²) >= 11 is 5.36. The molecule has 2 heterocycles. The van der Waals surface area contributed by atoms with Gasteiger partial charge in [-0.05, 0) is 41.4 Å². The molecule has 1 aliphatic rings. The molecule has 0 atom stereocenters. The van der Waals surface area contributed by atoms with Crippen LogP contribution in [-0.4, -0.2) is 15.8 Å². The van der Waals surface area contributed by atoms with Gasteiger partial charge in [-0.15, -0.1) is 0 Å². The Morgan fingerprint density at radius 3 is 3.15 bits per heavy atom. The Hall–Kier alpha value is 0.0400. The van der Waals surface area contributed by atoms with Crippen molar-refractivity contribution >= 4 is 27.7 Å². The van der Waals surface area contributed by atoms with Crippen LogP contribution < -0.4 is 0 Å². The number of thioether (sulfide) groups is 1. The fraction of sp³-hybridized carbons (Fsp3) is 0.667. The van der Waals surface area contributed by atoms with Crippen LogP contribution in [0, 0.1) is 0 Å². The summed E-state index contributed by atoms with van der Waals surface area (Å²) in [5, 5.41) is 0. The average Bonchev–Trinajstić information content (AvgIpc) is 2.46. The maximum Gasteiger partial charge on any atom is 0.177 e. The van der Waals surface area contributed by atoms with Crippen LogP contribution in [0.25, 0.3) is 0 Å². The molecule has 2 nitrogen and oxygen atoms in total. The molecule has 0 amide bonds. The summed E-state index contributed by atoms with van der Waals surface area (Å²) in [7, 11) is 0. The second-order valence-electron chi connectivity index (χ2n) is 3.32. The normalized spacial score (nSPS) is 15.8. The third-order valence-electron chi connectivity index (χ3n) is 2.44. The van der Waals surface area contributed by atoms with Crippen LogP contribution in [-0.2, 0) is 18.7 Å². The lowest BCUT2D eigenvalue weighted by Gasteiger charge is -2.15. The molecule has 0 bridgehead atoms. The summed E-state index contributed by atoms with van der Waals surface area (Å²) in [6.07, 6.45) is 5.94. The molecule has 0 spiro atoms. The highest BCUT2D eigenvalue weighted by molar-refractivity contribution is 9.10. The molecule has 0 saturated heterocycles. The van der Waals surface area contributed by atoms with Gasteiger partial charge in [0.05, 0.1) is 5.69 Å². The van der Waals surface area contributed by atoms with Crippen molar-refractivity contribution in [2.75, 3.05) is 6.26 Å². The van der Waals surface area contributed by atoms with Crippen molar-refractivity contribution in [2.45, 2.75) is 31.6 Å². The number of fused-ring (bicyclic) bond motifs is 1. The van der Waals surface area contributed by atoms with Crippen LogP contribution in [0.1, 0.15) is 24.2 Å². The van der Waals surface area contributed by atoms with Crippen molar-refractivity contribution in [3.63, 3.8) is 0 Å². The van der Waals surface area contributed by atoms with Gasteiger partial charge in [-0.1, -0.05) is 0 Å². The molecule has 13 heavy (non-hydrogen) atoms. The lowest BCUT2D eigenvalue weighted by Crippen LogP contribution is -2.10. The van der Waals surface area contributed by atoms with Crippen LogP contribution in [0.4, 0.5) is 0 Å². The van der Waals surface area contributed by atoms with Gasteiger partial charge in [0, 0.05) is 18.0 Å². The van der Waals surface area contributed by atoms with Crippen LogP contribution >= 0.6 is 27.7 Å². The second kappa shape index (κ2) is 4.05. The monoisotopic (exact) mass is 260 g/mol. The fourth-order valence-corrected chi connectivity index (χ4v) is 2.93. The van der Waals surface area contributed by atoms with Gasteiger partial charge in [0.1, 0.15) is 0 Å². The predicted molar refractivity (Wildman–Crippen MR) is 60.1 cm³/mol. The molecule has 1 aromatic rings. The molecule has 0 saturated carbocycles. The highest BCUT2D eigenvalue weighted by atomic mass is 79.9. The van der Waals surface area contributed by atoms with Gasteiger partial charge in [0.25, 0.3) is 0 Å². The molecular weight excluding hydrogens is 248 g/mol. The first-order valence-corrected chi connectivity index (χ1v) is 6.74. The lowest BCUT2D eigenvalue weighted by atomic mass is 10.1. The summed E-state index contributed by atoms with van der Waals surface area (Å²) < 4.78 is 3.33. The van der Waals surface area contributed by atoms with E-state index < -0.39 is 0 Å². The number of halogens is 1. The van der Waals surface area contributed by atoms with Crippen molar-refractivity contribution in [1.29, 1.82) is 0 Å². The maximum absolute atomic E-state index is 4.54. The van der Waals surface area contributed by atoms with Crippen LogP contribution in [0.15, 0.2) is 4.73 Å². The predicted octanol–water partition coefficient (Wildman–Crippen LogP) is 2.84. The molecule has 0 aliphatic carbocycles. The van der Waals surface area contributed by atoms with Gasteiger partial charge in [0.2, 0.25) is 0 Å². The minimum atomic E-state index is 1.02. The largest absolute Gasteiger partial charge is 0.322 e. The zero-order valence-electron chi connectivity index (χ0n) is 7.72. The van der Waals surface area contributed by atoms with Gasteiger partial charge in [-0.2, -0.15) is 11.8 Å². The van der Waals surface area contributed by atoms with E-state index in [-0.39, 0.29) is 0 Å². The van der Waals surface area contributed by atoms with Crippen LogP contribution in [0.3, 0.4) is 0 Å². The molecule has 0 fully saturated rings. The van der Waals surface area contributed by atoms with E-state index in [2.05, 4.69) is 31.7 Å². The average molecular weight is 261 g/mol. The molecule has 0 N–H and O–H groups in total.